The first kappa shape index (κ1) is 23.3. The second kappa shape index (κ2) is 8.49. The van der Waals surface area contributed by atoms with Gasteiger partial charge in [0.05, 0.1) is 12.2 Å². The zero-order valence-corrected chi connectivity index (χ0v) is 20.9. The molecule has 174 valence electrons. The lowest BCUT2D eigenvalue weighted by atomic mass is 9.61. The number of aliphatic hydroxyl groups is 1. The van der Waals surface area contributed by atoms with Crippen LogP contribution in [0.4, 0.5) is 0 Å². The van der Waals surface area contributed by atoms with Crippen LogP contribution in [0, 0.1) is 46.3 Å². The van der Waals surface area contributed by atoms with E-state index < -0.39 is 0 Å². The molecule has 0 unspecified atom stereocenters. The first-order chi connectivity index (χ1) is 14.6. The van der Waals surface area contributed by atoms with E-state index >= 15 is 0 Å². The van der Waals surface area contributed by atoms with E-state index in [0.717, 1.165) is 24.3 Å². The summed E-state index contributed by atoms with van der Waals surface area (Å²) in [5.74, 6) is 4.03. The monoisotopic (exact) mass is 426 g/mol. The number of hydrogen-bond acceptors (Lipinski definition) is 2. The molecule has 4 aliphatic rings. The van der Waals surface area contributed by atoms with E-state index in [9.17, 15) is 5.11 Å². The Morgan fingerprint density at radius 1 is 1.16 bits per heavy atom. The molecule has 0 radical (unpaired) electrons. The fraction of sp³-hybridized carbons (Fsp3) is 0.793. The minimum absolute atomic E-state index is 0.00995. The van der Waals surface area contributed by atoms with Crippen LogP contribution < -0.4 is 0 Å². The van der Waals surface area contributed by atoms with Crippen LogP contribution in [0.15, 0.2) is 36.0 Å². The van der Waals surface area contributed by atoms with Gasteiger partial charge in [0.1, 0.15) is 0 Å². The van der Waals surface area contributed by atoms with E-state index in [1.807, 2.05) is 7.11 Å². The van der Waals surface area contributed by atoms with Crippen LogP contribution in [0.5, 0.6) is 0 Å². The zero-order chi connectivity index (χ0) is 22.6. The van der Waals surface area contributed by atoms with Crippen LogP contribution >= 0.6 is 0 Å². The van der Waals surface area contributed by atoms with Gasteiger partial charge in [-0.3, -0.25) is 0 Å². The van der Waals surface area contributed by atoms with Gasteiger partial charge < -0.3 is 9.84 Å². The topological polar surface area (TPSA) is 29.5 Å². The lowest BCUT2D eigenvalue weighted by molar-refractivity contribution is 0.0797. The summed E-state index contributed by atoms with van der Waals surface area (Å²) in [4.78, 5) is 0. The summed E-state index contributed by atoms with van der Waals surface area (Å²) in [5, 5.41) is 10.3. The van der Waals surface area contributed by atoms with Crippen molar-refractivity contribution in [2.24, 2.45) is 46.3 Å². The lowest BCUT2D eigenvalue weighted by Gasteiger charge is -2.44. The number of rotatable bonds is 7. The largest absolute Gasteiger partial charge is 0.389 e. The summed E-state index contributed by atoms with van der Waals surface area (Å²) < 4.78 is 6.08. The molecule has 0 aromatic carbocycles. The molecule has 0 spiro atoms. The van der Waals surface area contributed by atoms with Crippen LogP contribution in [-0.4, -0.2) is 24.4 Å². The molecule has 0 aliphatic heterocycles. The highest BCUT2D eigenvalue weighted by Crippen LogP contribution is 2.69. The van der Waals surface area contributed by atoms with E-state index in [4.69, 9.17) is 4.74 Å². The number of fused-ring (bicyclic) bond motifs is 2. The Bertz CT molecular complexity index is 748. The quantitative estimate of drug-likeness (QED) is 0.446. The van der Waals surface area contributed by atoms with Gasteiger partial charge in [0, 0.05) is 12.5 Å². The van der Waals surface area contributed by atoms with Crippen molar-refractivity contribution in [2.75, 3.05) is 7.11 Å². The first-order valence-corrected chi connectivity index (χ1v) is 12.9. The third-order valence-corrected chi connectivity index (χ3v) is 10.2. The zero-order valence-electron chi connectivity index (χ0n) is 20.9. The van der Waals surface area contributed by atoms with Gasteiger partial charge in [0.15, 0.2) is 0 Å². The number of ether oxygens (including phenoxy) is 1. The Balaban J connectivity index is 1.53. The number of hydrogen-bond donors (Lipinski definition) is 1. The van der Waals surface area contributed by atoms with E-state index in [1.54, 1.807) is 5.57 Å². The molecular formula is C29H46O2. The Labute approximate surface area is 191 Å². The predicted molar refractivity (Wildman–Crippen MR) is 130 cm³/mol. The predicted octanol–water partition coefficient (Wildman–Crippen LogP) is 6.96. The molecule has 0 heterocycles. The molecule has 4 rings (SSSR count). The fourth-order valence-electron chi connectivity index (χ4n) is 7.76. The van der Waals surface area contributed by atoms with Crippen molar-refractivity contribution in [2.45, 2.75) is 91.8 Å². The normalized spacial score (nSPS) is 44.0. The molecular weight excluding hydrogens is 380 g/mol. The van der Waals surface area contributed by atoms with Crippen molar-refractivity contribution in [3.05, 3.63) is 36.0 Å². The van der Waals surface area contributed by atoms with Crippen molar-refractivity contribution in [3.8, 4) is 0 Å². The summed E-state index contributed by atoms with van der Waals surface area (Å²) in [7, 11) is 1.85. The molecule has 4 fully saturated rings. The van der Waals surface area contributed by atoms with Gasteiger partial charge in [-0.2, -0.15) is 0 Å². The molecule has 0 bridgehead atoms. The third-order valence-electron chi connectivity index (χ3n) is 10.2. The van der Waals surface area contributed by atoms with Gasteiger partial charge in [-0.1, -0.05) is 65.0 Å². The molecule has 31 heavy (non-hydrogen) atoms. The van der Waals surface area contributed by atoms with Crippen molar-refractivity contribution >= 4 is 0 Å². The standard InChI is InChI=1S/C29H46O2/c1-18(2)19(3)10-11-20(4)24-12-13-25-22(9-8-14-28(24,25)6)15-27(31-7)29-17-23(29)16-26(30)21(29)5/h10-11,15,18-20,23-27,30H,5,8-9,12-14,16-17H2,1-4,6-7H3/b11-10+,22-15+/t19-,20+,23+,24+,25-,26-,27+,28+,29-/m0/s1. The average Bonchev–Trinajstić information content (AvgIpc) is 3.24. The minimum Gasteiger partial charge on any atom is -0.389 e. The second-order valence-corrected chi connectivity index (χ2v) is 12.1. The Morgan fingerprint density at radius 3 is 2.52 bits per heavy atom. The molecule has 0 saturated heterocycles. The molecule has 4 saturated carbocycles. The smallest absolute Gasteiger partial charge is 0.0851 e. The highest BCUT2D eigenvalue weighted by molar-refractivity contribution is 5.38. The van der Waals surface area contributed by atoms with Gasteiger partial charge >= 0.3 is 0 Å². The summed E-state index contributed by atoms with van der Waals surface area (Å²) >= 11 is 0. The van der Waals surface area contributed by atoms with E-state index in [1.165, 1.54) is 32.1 Å². The Hall–Kier alpha value is -0.860. The number of aliphatic hydroxyl groups excluding tert-OH is 1. The second-order valence-electron chi connectivity index (χ2n) is 12.1. The number of methoxy groups -OCH3 is 1. The maximum atomic E-state index is 10.3. The average molecular weight is 427 g/mol. The SMILES string of the molecule is C=C1[C@@H](O)C[C@@H]2C[C@]12[C@@H](/C=C1\CCC[C@]2(C)[C@@H]([C@H](C)/C=C/[C@H](C)C(C)C)CC[C@@H]12)OC. The van der Waals surface area contributed by atoms with Crippen LogP contribution in [-0.2, 0) is 4.74 Å². The first-order valence-electron chi connectivity index (χ1n) is 12.9. The molecule has 4 aliphatic carbocycles. The number of allylic oxidation sites excluding steroid dienone is 3. The van der Waals surface area contributed by atoms with Crippen LogP contribution in [0.3, 0.4) is 0 Å². The molecule has 2 heteroatoms. The summed E-state index contributed by atoms with van der Waals surface area (Å²) in [5.41, 5.74) is 3.09. The van der Waals surface area contributed by atoms with Crippen molar-refractivity contribution in [1.82, 2.24) is 0 Å². The summed E-state index contributed by atoms with van der Waals surface area (Å²) in [6.45, 7) is 16.3. The summed E-state index contributed by atoms with van der Waals surface area (Å²) in [6, 6.07) is 0. The molecule has 0 amide bonds. The maximum absolute atomic E-state index is 10.3. The van der Waals surface area contributed by atoms with Crippen molar-refractivity contribution < 1.29 is 9.84 Å². The maximum Gasteiger partial charge on any atom is 0.0851 e. The fourth-order valence-corrected chi connectivity index (χ4v) is 7.76. The van der Waals surface area contributed by atoms with Crippen LogP contribution in [0.2, 0.25) is 0 Å². The minimum atomic E-state index is -0.330. The van der Waals surface area contributed by atoms with E-state index in [0.29, 0.717) is 35.0 Å². The van der Waals surface area contributed by atoms with Gasteiger partial charge in [0.2, 0.25) is 0 Å². The summed E-state index contributed by atoms with van der Waals surface area (Å²) in [6.07, 6.45) is 15.8. The molecule has 9 atom stereocenters. The van der Waals surface area contributed by atoms with Crippen molar-refractivity contribution in [3.63, 3.8) is 0 Å². The van der Waals surface area contributed by atoms with Crippen LogP contribution in [0.1, 0.15) is 79.6 Å². The van der Waals surface area contributed by atoms with Gasteiger partial charge in [0.25, 0.3) is 0 Å². The van der Waals surface area contributed by atoms with E-state index in [2.05, 4.69) is 59.4 Å². The van der Waals surface area contributed by atoms with E-state index in [-0.39, 0.29) is 17.6 Å². The highest BCUT2D eigenvalue weighted by atomic mass is 16.5. The van der Waals surface area contributed by atoms with Crippen LogP contribution in [0.25, 0.3) is 0 Å². The molecule has 1 N–H and O–H groups in total. The molecule has 2 nitrogen and oxygen atoms in total. The van der Waals surface area contributed by atoms with Crippen molar-refractivity contribution in [1.29, 1.82) is 0 Å². The lowest BCUT2D eigenvalue weighted by Crippen LogP contribution is -2.36. The van der Waals surface area contributed by atoms with Gasteiger partial charge in [-0.05, 0) is 91.4 Å². The Morgan fingerprint density at radius 2 is 1.90 bits per heavy atom. The van der Waals surface area contributed by atoms with Gasteiger partial charge in [-0.25, -0.2) is 0 Å². The third kappa shape index (κ3) is 3.80. The highest BCUT2D eigenvalue weighted by Gasteiger charge is 2.66. The molecule has 0 aromatic heterocycles. The molecule has 0 aromatic rings. The Kier molecular flexibility index (Phi) is 6.38. The van der Waals surface area contributed by atoms with Gasteiger partial charge in [-0.15, -0.1) is 0 Å².